The van der Waals surface area contributed by atoms with Crippen LogP contribution in [0.3, 0.4) is 0 Å². The van der Waals surface area contributed by atoms with E-state index in [2.05, 4.69) is 0 Å². The number of hydrogen-bond acceptors (Lipinski definition) is 5. The molecule has 166 valence electrons. The highest BCUT2D eigenvalue weighted by molar-refractivity contribution is 6.30. The van der Waals surface area contributed by atoms with Gasteiger partial charge in [0.25, 0.3) is 0 Å². The third kappa shape index (κ3) is 4.38. The summed E-state index contributed by atoms with van der Waals surface area (Å²) in [6, 6.07) is 7.52. The molecule has 1 heterocycles. The van der Waals surface area contributed by atoms with Gasteiger partial charge in [0.2, 0.25) is 0 Å². The number of benzene rings is 2. The molecule has 2 aromatic carbocycles. The summed E-state index contributed by atoms with van der Waals surface area (Å²) in [5, 5.41) is 19.5. The Labute approximate surface area is 185 Å². The van der Waals surface area contributed by atoms with Crippen molar-refractivity contribution in [2.45, 2.75) is 26.3 Å². The van der Waals surface area contributed by atoms with Crippen molar-refractivity contribution in [2.75, 3.05) is 25.2 Å². The van der Waals surface area contributed by atoms with Gasteiger partial charge in [-0.25, -0.2) is 4.39 Å². The number of hydrogen-bond donors (Lipinski definition) is 2. The van der Waals surface area contributed by atoms with Crippen molar-refractivity contribution < 1.29 is 28.9 Å². The van der Waals surface area contributed by atoms with Crippen LogP contribution in [0, 0.1) is 17.7 Å². The number of carbonyl (C=O) groups is 2. The molecule has 0 aliphatic carbocycles. The van der Waals surface area contributed by atoms with Gasteiger partial charge in [-0.15, -0.1) is 0 Å². The van der Waals surface area contributed by atoms with Crippen LogP contribution in [0.15, 0.2) is 30.3 Å². The van der Waals surface area contributed by atoms with Gasteiger partial charge in [-0.3, -0.25) is 9.59 Å². The third-order valence-corrected chi connectivity index (χ3v) is 6.03. The van der Waals surface area contributed by atoms with E-state index in [1.54, 1.807) is 29.2 Å². The lowest BCUT2D eigenvalue weighted by atomic mass is 9.86. The lowest BCUT2D eigenvalue weighted by Crippen LogP contribution is -2.50. The maximum absolute atomic E-state index is 14.5. The van der Waals surface area contributed by atoms with E-state index in [-0.39, 0.29) is 42.1 Å². The van der Waals surface area contributed by atoms with E-state index >= 15 is 0 Å². The Balaban J connectivity index is 2.15. The van der Waals surface area contributed by atoms with E-state index < -0.39 is 23.5 Å². The summed E-state index contributed by atoms with van der Waals surface area (Å²) < 4.78 is 20.0. The largest absolute Gasteiger partial charge is 0.496 e. The molecule has 0 fully saturated rings. The maximum Gasteiger partial charge on any atom is 0.316 e. The highest BCUT2D eigenvalue weighted by Gasteiger charge is 2.40. The van der Waals surface area contributed by atoms with Crippen LogP contribution in [0.25, 0.3) is 0 Å². The maximum atomic E-state index is 14.5. The molecule has 0 saturated carbocycles. The van der Waals surface area contributed by atoms with Crippen LogP contribution < -0.4 is 9.64 Å². The minimum absolute atomic E-state index is 0.00623. The fourth-order valence-corrected chi connectivity index (χ4v) is 4.20. The van der Waals surface area contributed by atoms with Crippen LogP contribution in [0.1, 0.15) is 35.3 Å². The van der Waals surface area contributed by atoms with E-state index in [0.29, 0.717) is 22.6 Å². The molecule has 0 amide bonds. The van der Waals surface area contributed by atoms with Crippen molar-refractivity contribution in [3.8, 4) is 5.75 Å². The first kappa shape index (κ1) is 23.0. The SMILES string of the molecule is COc1cc2c(cc1Cc1cccc(Cl)c1F)C(=O)[C@@H](C(=O)O)CN2C(CO)C(C)C. The zero-order valence-corrected chi connectivity index (χ0v) is 18.3. The second-order valence-electron chi connectivity index (χ2n) is 7.97. The summed E-state index contributed by atoms with van der Waals surface area (Å²) in [4.78, 5) is 26.5. The summed E-state index contributed by atoms with van der Waals surface area (Å²) in [6.07, 6.45) is 0.113. The van der Waals surface area contributed by atoms with Crippen molar-refractivity contribution in [3.05, 3.63) is 57.9 Å². The molecule has 1 aliphatic heterocycles. The molecule has 0 spiro atoms. The Morgan fingerprint density at radius 3 is 2.61 bits per heavy atom. The molecule has 0 aromatic heterocycles. The number of carboxylic acids is 1. The number of aliphatic carboxylic acids is 1. The Morgan fingerprint density at radius 2 is 2.03 bits per heavy atom. The molecule has 2 atom stereocenters. The van der Waals surface area contributed by atoms with Gasteiger partial charge in [-0.1, -0.05) is 37.6 Å². The van der Waals surface area contributed by atoms with Crippen molar-refractivity contribution in [3.63, 3.8) is 0 Å². The van der Waals surface area contributed by atoms with E-state index in [1.807, 2.05) is 13.8 Å². The van der Waals surface area contributed by atoms with Gasteiger partial charge in [0.05, 0.1) is 30.5 Å². The summed E-state index contributed by atoms with van der Waals surface area (Å²) >= 11 is 5.89. The highest BCUT2D eigenvalue weighted by Crippen LogP contribution is 2.38. The van der Waals surface area contributed by atoms with Gasteiger partial charge in [0.1, 0.15) is 17.5 Å². The van der Waals surface area contributed by atoms with Crippen molar-refractivity contribution >= 4 is 29.0 Å². The second-order valence-corrected chi connectivity index (χ2v) is 8.38. The molecule has 3 rings (SSSR count). The lowest BCUT2D eigenvalue weighted by molar-refractivity contribution is -0.139. The first-order chi connectivity index (χ1) is 14.7. The topological polar surface area (TPSA) is 87.1 Å². The molecule has 2 N–H and O–H groups in total. The van der Waals surface area contributed by atoms with Crippen LogP contribution in [0.5, 0.6) is 5.75 Å². The first-order valence-electron chi connectivity index (χ1n) is 9.97. The molecule has 0 radical (unpaired) electrons. The average Bonchev–Trinajstić information content (AvgIpc) is 2.72. The molecule has 2 aromatic rings. The van der Waals surface area contributed by atoms with Crippen molar-refractivity contribution in [2.24, 2.45) is 11.8 Å². The number of aliphatic hydroxyl groups excluding tert-OH is 1. The van der Waals surface area contributed by atoms with Gasteiger partial charge in [0.15, 0.2) is 5.78 Å². The number of aliphatic hydroxyl groups is 1. The van der Waals surface area contributed by atoms with Gasteiger partial charge in [0, 0.05) is 24.6 Å². The van der Waals surface area contributed by atoms with Gasteiger partial charge >= 0.3 is 5.97 Å². The third-order valence-electron chi connectivity index (χ3n) is 5.74. The number of anilines is 1. The molecule has 8 heteroatoms. The van der Waals surface area contributed by atoms with Crippen LogP contribution >= 0.6 is 11.6 Å². The standard InChI is InChI=1S/C23H25ClFNO5/c1-12(2)19(11-27)26-10-16(23(29)30)22(28)15-8-14(20(31-3)9-18(15)26)7-13-5-4-6-17(24)21(13)25/h4-6,8-9,12,16,19,27H,7,10-11H2,1-3H3,(H,29,30)/t16-,19?/m0/s1. The van der Waals surface area contributed by atoms with E-state index in [4.69, 9.17) is 16.3 Å². The molecule has 1 unspecified atom stereocenters. The summed E-state index contributed by atoms with van der Waals surface area (Å²) in [7, 11) is 1.47. The average molecular weight is 450 g/mol. The van der Waals surface area contributed by atoms with Crippen LogP contribution in [0.4, 0.5) is 10.1 Å². The predicted molar refractivity (Wildman–Crippen MR) is 116 cm³/mol. The number of halogens is 2. The zero-order chi connectivity index (χ0) is 22.9. The predicted octanol–water partition coefficient (Wildman–Crippen LogP) is 3.80. The fourth-order valence-electron chi connectivity index (χ4n) is 4.01. The Morgan fingerprint density at radius 1 is 1.32 bits per heavy atom. The molecule has 1 aliphatic rings. The second kappa shape index (κ2) is 9.24. The number of nitrogens with zero attached hydrogens (tertiary/aromatic N) is 1. The van der Waals surface area contributed by atoms with E-state index in [0.717, 1.165) is 0 Å². The molecule has 31 heavy (non-hydrogen) atoms. The first-order valence-corrected chi connectivity index (χ1v) is 10.4. The summed E-state index contributed by atoms with van der Waals surface area (Å²) in [5.41, 5.74) is 1.58. The molecule has 0 bridgehead atoms. The molecule has 0 saturated heterocycles. The normalized spacial score (nSPS) is 16.9. The van der Waals surface area contributed by atoms with E-state index in [9.17, 15) is 24.2 Å². The Bertz CT molecular complexity index is 1010. The number of fused-ring (bicyclic) bond motifs is 1. The molecular weight excluding hydrogens is 425 g/mol. The number of ether oxygens (including phenoxy) is 1. The quantitative estimate of drug-likeness (QED) is 0.625. The van der Waals surface area contributed by atoms with Crippen LogP contribution in [-0.2, 0) is 11.2 Å². The number of methoxy groups -OCH3 is 1. The number of carbonyl (C=O) groups excluding carboxylic acids is 1. The van der Waals surface area contributed by atoms with Gasteiger partial charge in [-0.2, -0.15) is 0 Å². The number of ketones is 1. The van der Waals surface area contributed by atoms with Crippen molar-refractivity contribution in [1.29, 1.82) is 0 Å². The zero-order valence-electron chi connectivity index (χ0n) is 17.6. The lowest BCUT2D eigenvalue weighted by Gasteiger charge is -2.41. The molecule has 6 nitrogen and oxygen atoms in total. The minimum Gasteiger partial charge on any atom is -0.496 e. The number of carboxylic acid groups (broad SMARTS) is 1. The van der Waals surface area contributed by atoms with Gasteiger partial charge in [-0.05, 0) is 29.2 Å². The Hall–Kier alpha value is -2.64. The smallest absolute Gasteiger partial charge is 0.316 e. The Kier molecular flexibility index (Phi) is 6.86. The molecular formula is C23H25ClFNO5. The van der Waals surface area contributed by atoms with E-state index in [1.165, 1.54) is 13.2 Å². The number of Topliss-reactive ketones (excluding diaryl/α,β-unsaturated/α-hetero) is 1. The highest BCUT2D eigenvalue weighted by atomic mass is 35.5. The van der Waals surface area contributed by atoms with Crippen LogP contribution in [-0.4, -0.2) is 48.3 Å². The van der Waals surface area contributed by atoms with Crippen LogP contribution in [0.2, 0.25) is 5.02 Å². The fraction of sp³-hybridized carbons (Fsp3) is 0.391. The monoisotopic (exact) mass is 449 g/mol. The summed E-state index contributed by atoms with van der Waals surface area (Å²) in [5.74, 6) is -3.12. The number of rotatable bonds is 7. The minimum atomic E-state index is -1.26. The van der Waals surface area contributed by atoms with Gasteiger partial charge < -0.3 is 19.8 Å². The summed E-state index contributed by atoms with van der Waals surface area (Å²) in [6.45, 7) is 3.59. The van der Waals surface area contributed by atoms with Crippen molar-refractivity contribution in [1.82, 2.24) is 0 Å².